The Morgan fingerprint density at radius 1 is 0.750 bits per heavy atom. The summed E-state index contributed by atoms with van der Waals surface area (Å²) in [7, 11) is 0. The van der Waals surface area contributed by atoms with Crippen LogP contribution in [0.5, 0.6) is 17.2 Å². The minimum absolute atomic E-state index is 0.0832. The van der Waals surface area contributed by atoms with Gasteiger partial charge in [0.15, 0.2) is 6.61 Å². The largest absolute Gasteiger partial charge is 0.483 e. The molecule has 0 aliphatic carbocycles. The zero-order valence-electron chi connectivity index (χ0n) is 21.5. The molecule has 0 atom stereocenters. The molecule has 0 unspecified atom stereocenters. The van der Waals surface area contributed by atoms with E-state index in [4.69, 9.17) is 14.2 Å². The number of hydrogen-bond donors (Lipinski definition) is 1. The van der Waals surface area contributed by atoms with Crippen molar-refractivity contribution < 1.29 is 28.6 Å². The SMILES string of the molecule is C=CCc1ccccc1OCC(=O)N/N=C\c1ccc(OC(=O)c2ccccc2)cc1OC(=O)c1ccccc1. The summed E-state index contributed by atoms with van der Waals surface area (Å²) in [4.78, 5) is 37.6. The van der Waals surface area contributed by atoms with Crippen LogP contribution in [0.15, 0.2) is 121 Å². The van der Waals surface area contributed by atoms with E-state index >= 15 is 0 Å². The molecule has 0 radical (unpaired) electrons. The minimum atomic E-state index is -0.614. The Balaban J connectivity index is 1.46. The van der Waals surface area contributed by atoms with Crippen molar-refractivity contribution in [2.75, 3.05) is 6.61 Å². The van der Waals surface area contributed by atoms with Crippen molar-refractivity contribution in [3.63, 3.8) is 0 Å². The lowest BCUT2D eigenvalue weighted by molar-refractivity contribution is -0.123. The van der Waals surface area contributed by atoms with Crippen molar-refractivity contribution in [1.82, 2.24) is 5.43 Å². The van der Waals surface area contributed by atoms with Crippen LogP contribution in [0.1, 0.15) is 31.8 Å². The number of rotatable bonds is 11. The third kappa shape index (κ3) is 7.75. The van der Waals surface area contributed by atoms with E-state index in [0.29, 0.717) is 28.9 Å². The van der Waals surface area contributed by atoms with Crippen molar-refractivity contribution in [2.45, 2.75) is 6.42 Å². The molecule has 1 N–H and O–H groups in total. The van der Waals surface area contributed by atoms with Crippen LogP contribution in [0.2, 0.25) is 0 Å². The van der Waals surface area contributed by atoms with Gasteiger partial charge in [0.2, 0.25) is 0 Å². The number of ether oxygens (including phenoxy) is 3. The molecular weight excluding hydrogens is 508 g/mol. The summed E-state index contributed by atoms with van der Waals surface area (Å²) >= 11 is 0. The number of carbonyl (C=O) groups is 3. The van der Waals surface area contributed by atoms with Crippen LogP contribution < -0.4 is 19.6 Å². The Morgan fingerprint density at radius 3 is 2.05 bits per heavy atom. The molecule has 4 rings (SSSR count). The number of para-hydroxylation sites is 1. The van der Waals surface area contributed by atoms with Crippen LogP contribution in [0.25, 0.3) is 0 Å². The van der Waals surface area contributed by atoms with E-state index in [-0.39, 0.29) is 18.1 Å². The Bertz CT molecular complexity index is 1520. The Morgan fingerprint density at radius 2 is 1.38 bits per heavy atom. The second-order valence-electron chi connectivity index (χ2n) is 8.39. The van der Waals surface area contributed by atoms with Crippen LogP contribution in [0.4, 0.5) is 0 Å². The van der Waals surface area contributed by atoms with Crippen LogP contribution in [-0.4, -0.2) is 30.7 Å². The number of nitrogens with one attached hydrogen (secondary N) is 1. The normalized spacial score (nSPS) is 10.5. The summed E-state index contributed by atoms with van der Waals surface area (Å²) < 4.78 is 16.7. The van der Waals surface area contributed by atoms with Gasteiger partial charge in [-0.2, -0.15) is 5.10 Å². The quantitative estimate of drug-likeness (QED) is 0.0911. The molecule has 0 saturated carbocycles. The van der Waals surface area contributed by atoms with Gasteiger partial charge in [-0.1, -0.05) is 60.7 Å². The minimum Gasteiger partial charge on any atom is -0.483 e. The maximum atomic E-state index is 12.7. The number of benzene rings is 4. The maximum Gasteiger partial charge on any atom is 0.343 e. The van der Waals surface area contributed by atoms with Gasteiger partial charge in [0.05, 0.1) is 17.3 Å². The lowest BCUT2D eigenvalue weighted by Crippen LogP contribution is -2.24. The lowest BCUT2D eigenvalue weighted by Gasteiger charge is -2.11. The molecule has 4 aromatic rings. The first kappa shape index (κ1) is 27.5. The van der Waals surface area contributed by atoms with E-state index < -0.39 is 17.8 Å². The molecule has 8 nitrogen and oxygen atoms in total. The maximum absolute atomic E-state index is 12.7. The first-order valence-corrected chi connectivity index (χ1v) is 12.4. The molecule has 0 aliphatic heterocycles. The highest BCUT2D eigenvalue weighted by Crippen LogP contribution is 2.26. The van der Waals surface area contributed by atoms with Crippen LogP contribution in [0.3, 0.4) is 0 Å². The van der Waals surface area contributed by atoms with Crippen molar-refractivity contribution >= 4 is 24.1 Å². The molecule has 0 heterocycles. The molecule has 0 bridgehead atoms. The fourth-order valence-electron chi connectivity index (χ4n) is 3.56. The van der Waals surface area contributed by atoms with E-state index in [1.165, 1.54) is 18.3 Å². The summed E-state index contributed by atoms with van der Waals surface area (Å²) in [5, 5.41) is 3.97. The average molecular weight is 535 g/mol. The number of nitrogens with zero attached hydrogens (tertiary/aromatic N) is 1. The standard InChI is InChI=1S/C32H26N2O6/c1-2-11-23-12-9-10-17-28(23)38-22-30(35)34-33-21-26-18-19-27(39-31(36)24-13-5-3-6-14-24)20-29(26)40-32(37)25-15-7-4-8-16-25/h2-10,12-21H,1,11,22H2,(H,34,35)/b33-21-. The molecule has 200 valence electrons. The van der Waals surface area contributed by atoms with Crippen molar-refractivity contribution in [2.24, 2.45) is 5.10 Å². The predicted molar refractivity (Wildman–Crippen MR) is 151 cm³/mol. The smallest absolute Gasteiger partial charge is 0.343 e. The summed E-state index contributed by atoms with van der Waals surface area (Å²) in [6.45, 7) is 3.47. The number of hydrogen-bond acceptors (Lipinski definition) is 7. The molecule has 4 aromatic carbocycles. The van der Waals surface area contributed by atoms with Gasteiger partial charge >= 0.3 is 11.9 Å². The Hall–Kier alpha value is -5.50. The molecule has 8 heteroatoms. The Kier molecular flexibility index (Phi) is 9.55. The summed E-state index contributed by atoms with van der Waals surface area (Å²) in [5.74, 6) is -0.836. The van der Waals surface area contributed by atoms with Gasteiger partial charge in [0.1, 0.15) is 17.2 Å². The number of allylic oxidation sites excluding steroid dienone is 1. The first-order valence-electron chi connectivity index (χ1n) is 12.4. The van der Waals surface area contributed by atoms with Crippen LogP contribution in [-0.2, 0) is 11.2 Å². The predicted octanol–water partition coefficient (Wildman–Crippen LogP) is 5.38. The van der Waals surface area contributed by atoms with Crippen LogP contribution in [0, 0.1) is 0 Å². The molecule has 1 amide bonds. The molecule has 0 aromatic heterocycles. The molecule has 0 fully saturated rings. The molecule has 0 saturated heterocycles. The highest BCUT2D eigenvalue weighted by molar-refractivity contribution is 5.94. The molecule has 40 heavy (non-hydrogen) atoms. The second kappa shape index (κ2) is 13.9. The van der Waals surface area contributed by atoms with E-state index in [1.54, 1.807) is 78.9 Å². The van der Waals surface area contributed by atoms with Gasteiger partial charge in [0, 0.05) is 11.6 Å². The second-order valence-corrected chi connectivity index (χ2v) is 8.39. The number of esters is 2. The van der Waals surface area contributed by atoms with E-state index in [2.05, 4.69) is 17.1 Å². The molecular formula is C32H26N2O6. The fourth-order valence-corrected chi connectivity index (χ4v) is 3.56. The Labute approximate surface area is 231 Å². The summed E-state index contributed by atoms with van der Waals surface area (Å²) in [6.07, 6.45) is 3.68. The van der Waals surface area contributed by atoms with Crippen molar-refractivity contribution in [3.8, 4) is 17.2 Å². The third-order valence-electron chi connectivity index (χ3n) is 5.51. The van der Waals surface area contributed by atoms with Gasteiger partial charge in [-0.15, -0.1) is 6.58 Å². The van der Waals surface area contributed by atoms with E-state index in [0.717, 1.165) is 5.56 Å². The molecule has 0 spiro atoms. The monoisotopic (exact) mass is 534 g/mol. The highest BCUT2D eigenvalue weighted by atomic mass is 16.5. The number of carbonyl (C=O) groups excluding carboxylic acids is 3. The summed E-state index contributed by atoms with van der Waals surface area (Å²) in [5.41, 5.74) is 4.37. The van der Waals surface area contributed by atoms with E-state index in [1.807, 2.05) is 18.2 Å². The average Bonchev–Trinajstić information content (AvgIpc) is 2.99. The van der Waals surface area contributed by atoms with Gasteiger partial charge in [-0.25, -0.2) is 15.0 Å². The van der Waals surface area contributed by atoms with Crippen molar-refractivity contribution in [1.29, 1.82) is 0 Å². The third-order valence-corrected chi connectivity index (χ3v) is 5.51. The zero-order chi connectivity index (χ0) is 28.2. The lowest BCUT2D eigenvalue weighted by atomic mass is 10.1. The molecule has 0 aliphatic rings. The van der Waals surface area contributed by atoms with Gasteiger partial charge in [0.25, 0.3) is 5.91 Å². The van der Waals surface area contributed by atoms with Crippen molar-refractivity contribution in [3.05, 3.63) is 138 Å². The zero-order valence-corrected chi connectivity index (χ0v) is 21.5. The number of amides is 1. The van der Waals surface area contributed by atoms with Crippen LogP contribution >= 0.6 is 0 Å². The summed E-state index contributed by atoms with van der Waals surface area (Å²) in [6, 6.07) is 28.8. The fraction of sp³-hybridized carbons (Fsp3) is 0.0625. The van der Waals surface area contributed by atoms with Gasteiger partial charge in [-0.05, 0) is 54.4 Å². The first-order chi connectivity index (χ1) is 19.5. The number of hydrazone groups is 1. The van der Waals surface area contributed by atoms with E-state index in [9.17, 15) is 14.4 Å². The topological polar surface area (TPSA) is 103 Å². The van der Waals surface area contributed by atoms with Gasteiger partial charge in [-0.3, -0.25) is 4.79 Å². The highest BCUT2D eigenvalue weighted by Gasteiger charge is 2.15. The van der Waals surface area contributed by atoms with Gasteiger partial charge < -0.3 is 14.2 Å².